The van der Waals surface area contributed by atoms with Gasteiger partial charge in [0, 0.05) is 41.8 Å². The van der Waals surface area contributed by atoms with Crippen LogP contribution in [-0.2, 0) is 11.4 Å². The van der Waals surface area contributed by atoms with Crippen molar-refractivity contribution in [2.45, 2.75) is 13.5 Å². The molecule has 0 spiro atoms. The Hall–Kier alpha value is -1.89. The summed E-state index contributed by atoms with van der Waals surface area (Å²) in [6.07, 6.45) is 3.30. The molecule has 0 N–H and O–H groups in total. The molecule has 0 unspecified atom stereocenters. The van der Waals surface area contributed by atoms with Gasteiger partial charge in [-0.1, -0.05) is 29.3 Å². The van der Waals surface area contributed by atoms with Crippen LogP contribution in [0.4, 0.5) is 5.95 Å². The molecule has 26 heavy (non-hydrogen) atoms. The van der Waals surface area contributed by atoms with Crippen molar-refractivity contribution < 1.29 is 9.53 Å². The van der Waals surface area contributed by atoms with Crippen molar-refractivity contribution in [3.05, 3.63) is 46.2 Å². The molecule has 2 heterocycles. The monoisotopic (exact) mass is 394 g/mol. The van der Waals surface area contributed by atoms with Crippen molar-refractivity contribution in [3.8, 4) is 5.75 Å². The predicted octanol–water partition coefficient (Wildman–Crippen LogP) is 3.07. The zero-order valence-electron chi connectivity index (χ0n) is 14.5. The van der Waals surface area contributed by atoms with E-state index in [-0.39, 0.29) is 12.4 Å². The Bertz CT molecular complexity index is 742. The van der Waals surface area contributed by atoms with E-state index in [1.165, 1.54) is 0 Å². The number of piperazine rings is 1. The number of nitrogens with zero attached hydrogens (tertiary/aromatic N) is 4. The standard InChI is InChI=1S/C18H20Cl2N4O2/c1-13(25)11-23-5-7-24(8-6-23)18-21-9-14(10-22-18)26-12-15-16(19)3-2-4-17(15)20/h2-4,9-10H,5-8,11-12H2,1H3. The lowest BCUT2D eigenvalue weighted by Gasteiger charge is -2.34. The number of anilines is 1. The summed E-state index contributed by atoms with van der Waals surface area (Å²) in [5, 5.41) is 1.14. The van der Waals surface area contributed by atoms with Gasteiger partial charge in [0.15, 0.2) is 5.75 Å². The van der Waals surface area contributed by atoms with E-state index in [0.29, 0.717) is 28.3 Å². The van der Waals surface area contributed by atoms with Crippen LogP contribution < -0.4 is 9.64 Å². The van der Waals surface area contributed by atoms with Gasteiger partial charge < -0.3 is 9.64 Å². The minimum absolute atomic E-state index is 0.190. The molecule has 0 aliphatic carbocycles. The topological polar surface area (TPSA) is 58.6 Å². The summed E-state index contributed by atoms with van der Waals surface area (Å²) >= 11 is 12.3. The maximum atomic E-state index is 11.2. The van der Waals surface area contributed by atoms with Gasteiger partial charge in [0.05, 0.1) is 18.9 Å². The summed E-state index contributed by atoms with van der Waals surface area (Å²) in [6, 6.07) is 5.34. The number of hydrogen-bond donors (Lipinski definition) is 0. The number of aromatic nitrogens is 2. The molecule has 3 rings (SSSR count). The molecule has 1 aliphatic rings. The third-order valence-corrected chi connectivity index (χ3v) is 4.87. The molecular weight excluding hydrogens is 375 g/mol. The van der Waals surface area contributed by atoms with Crippen molar-refractivity contribution in [2.75, 3.05) is 37.6 Å². The fraction of sp³-hybridized carbons (Fsp3) is 0.389. The first-order chi connectivity index (χ1) is 12.5. The molecule has 0 bridgehead atoms. The second-order valence-electron chi connectivity index (χ2n) is 6.17. The highest BCUT2D eigenvalue weighted by Crippen LogP contribution is 2.25. The minimum atomic E-state index is 0.190. The fourth-order valence-corrected chi connectivity index (χ4v) is 3.30. The van der Waals surface area contributed by atoms with Crippen molar-refractivity contribution in [3.63, 3.8) is 0 Å². The lowest BCUT2D eigenvalue weighted by Crippen LogP contribution is -2.48. The zero-order chi connectivity index (χ0) is 18.5. The Morgan fingerprint density at radius 3 is 2.31 bits per heavy atom. The van der Waals surface area contributed by atoms with E-state index < -0.39 is 0 Å². The maximum Gasteiger partial charge on any atom is 0.225 e. The molecule has 2 aromatic rings. The van der Waals surface area contributed by atoms with Gasteiger partial charge in [-0.15, -0.1) is 0 Å². The van der Waals surface area contributed by atoms with Crippen LogP contribution in [0.15, 0.2) is 30.6 Å². The molecule has 1 saturated heterocycles. The van der Waals surface area contributed by atoms with Gasteiger partial charge in [-0.2, -0.15) is 0 Å². The molecule has 1 aromatic heterocycles. The van der Waals surface area contributed by atoms with E-state index in [1.807, 2.05) is 0 Å². The molecule has 1 aromatic carbocycles. The number of rotatable bonds is 6. The molecule has 6 nitrogen and oxygen atoms in total. The Kier molecular flexibility index (Phi) is 6.29. The van der Waals surface area contributed by atoms with Gasteiger partial charge >= 0.3 is 0 Å². The van der Waals surface area contributed by atoms with E-state index in [1.54, 1.807) is 37.5 Å². The molecule has 0 atom stereocenters. The maximum absolute atomic E-state index is 11.2. The molecule has 0 amide bonds. The quantitative estimate of drug-likeness (QED) is 0.750. The van der Waals surface area contributed by atoms with E-state index in [4.69, 9.17) is 27.9 Å². The summed E-state index contributed by atoms with van der Waals surface area (Å²) in [5.74, 6) is 1.41. The van der Waals surface area contributed by atoms with Crippen LogP contribution >= 0.6 is 23.2 Å². The molecule has 0 radical (unpaired) electrons. The Balaban J connectivity index is 1.55. The smallest absolute Gasteiger partial charge is 0.225 e. The summed E-state index contributed by atoms with van der Waals surface area (Å²) < 4.78 is 5.70. The third kappa shape index (κ3) is 4.84. The molecule has 1 fully saturated rings. The molecule has 8 heteroatoms. The average molecular weight is 395 g/mol. The molecule has 138 valence electrons. The minimum Gasteiger partial charge on any atom is -0.486 e. The van der Waals surface area contributed by atoms with E-state index in [2.05, 4.69) is 19.8 Å². The van der Waals surface area contributed by atoms with Crippen LogP contribution in [0.2, 0.25) is 10.0 Å². The Morgan fingerprint density at radius 2 is 1.73 bits per heavy atom. The largest absolute Gasteiger partial charge is 0.486 e. The number of halogens is 2. The van der Waals surface area contributed by atoms with Gasteiger partial charge in [0.2, 0.25) is 5.95 Å². The third-order valence-electron chi connectivity index (χ3n) is 4.16. The lowest BCUT2D eigenvalue weighted by molar-refractivity contribution is -0.118. The first kappa shape index (κ1) is 18.9. The van der Waals surface area contributed by atoms with Gasteiger partial charge in [0.25, 0.3) is 0 Å². The Morgan fingerprint density at radius 1 is 1.12 bits per heavy atom. The summed E-state index contributed by atoms with van der Waals surface area (Å²) in [4.78, 5) is 24.2. The zero-order valence-corrected chi connectivity index (χ0v) is 16.0. The van der Waals surface area contributed by atoms with Crippen LogP contribution in [0.25, 0.3) is 0 Å². The lowest BCUT2D eigenvalue weighted by atomic mass is 10.2. The van der Waals surface area contributed by atoms with Crippen molar-refractivity contribution >= 4 is 34.9 Å². The summed E-state index contributed by atoms with van der Waals surface area (Å²) in [7, 11) is 0. The number of ether oxygens (including phenoxy) is 1. The Labute approximate surface area is 162 Å². The van der Waals surface area contributed by atoms with Crippen LogP contribution in [0.3, 0.4) is 0 Å². The van der Waals surface area contributed by atoms with Crippen LogP contribution in [0.5, 0.6) is 5.75 Å². The van der Waals surface area contributed by atoms with Gasteiger partial charge in [-0.25, -0.2) is 9.97 Å². The predicted molar refractivity (Wildman–Crippen MR) is 102 cm³/mol. The number of ketones is 1. The molecular formula is C18H20Cl2N4O2. The number of Topliss-reactive ketones (excluding diaryl/α,β-unsaturated/α-hetero) is 1. The van der Waals surface area contributed by atoms with Gasteiger partial charge in [-0.05, 0) is 19.1 Å². The fourth-order valence-electron chi connectivity index (χ4n) is 2.79. The van der Waals surface area contributed by atoms with Gasteiger partial charge in [0.1, 0.15) is 12.4 Å². The van der Waals surface area contributed by atoms with Crippen LogP contribution in [0, 0.1) is 0 Å². The SMILES string of the molecule is CC(=O)CN1CCN(c2ncc(OCc3c(Cl)cccc3Cl)cn2)CC1. The highest BCUT2D eigenvalue weighted by Gasteiger charge is 2.19. The van der Waals surface area contributed by atoms with Crippen molar-refractivity contribution in [2.24, 2.45) is 0 Å². The van der Waals surface area contributed by atoms with Crippen LogP contribution in [-0.4, -0.2) is 53.4 Å². The van der Waals surface area contributed by atoms with E-state index in [9.17, 15) is 4.79 Å². The second kappa shape index (κ2) is 8.66. The van der Waals surface area contributed by atoms with Crippen molar-refractivity contribution in [1.82, 2.24) is 14.9 Å². The first-order valence-electron chi connectivity index (χ1n) is 8.37. The summed E-state index contributed by atoms with van der Waals surface area (Å²) in [6.45, 7) is 5.62. The van der Waals surface area contributed by atoms with Gasteiger partial charge in [-0.3, -0.25) is 9.69 Å². The number of benzene rings is 1. The van der Waals surface area contributed by atoms with Crippen molar-refractivity contribution in [1.29, 1.82) is 0 Å². The number of carbonyl (C=O) groups is 1. The first-order valence-corrected chi connectivity index (χ1v) is 9.13. The molecule has 0 saturated carbocycles. The van der Waals surface area contributed by atoms with E-state index in [0.717, 1.165) is 31.7 Å². The highest BCUT2D eigenvalue weighted by atomic mass is 35.5. The number of hydrogen-bond acceptors (Lipinski definition) is 6. The normalized spacial score (nSPS) is 15.1. The summed E-state index contributed by atoms with van der Waals surface area (Å²) in [5.41, 5.74) is 0.738. The van der Waals surface area contributed by atoms with Crippen LogP contribution in [0.1, 0.15) is 12.5 Å². The second-order valence-corrected chi connectivity index (χ2v) is 6.99. The van der Waals surface area contributed by atoms with E-state index >= 15 is 0 Å². The average Bonchev–Trinajstić information content (AvgIpc) is 2.62. The highest BCUT2D eigenvalue weighted by molar-refractivity contribution is 6.35. The number of carbonyl (C=O) groups excluding carboxylic acids is 1. The molecule has 1 aliphatic heterocycles.